The van der Waals surface area contributed by atoms with Crippen LogP contribution < -0.4 is 0 Å². The van der Waals surface area contributed by atoms with E-state index in [2.05, 4.69) is 0 Å². The first-order chi connectivity index (χ1) is 10.4. The summed E-state index contributed by atoms with van der Waals surface area (Å²) >= 11 is 0. The summed E-state index contributed by atoms with van der Waals surface area (Å²) in [6.07, 6.45) is 0.386. The van der Waals surface area contributed by atoms with Crippen molar-refractivity contribution < 1.29 is 14.3 Å². The zero-order valence-electron chi connectivity index (χ0n) is 12.8. The Morgan fingerprint density at radius 1 is 1.05 bits per heavy atom. The highest BCUT2D eigenvalue weighted by Gasteiger charge is 2.22. The summed E-state index contributed by atoms with van der Waals surface area (Å²) in [5.41, 5.74) is 1.52. The highest BCUT2D eigenvalue weighted by molar-refractivity contribution is 6.13. The normalized spacial score (nSPS) is 11.8. The summed E-state index contributed by atoms with van der Waals surface area (Å²) in [6, 6.07) is 12.9. The fourth-order valence-corrected chi connectivity index (χ4v) is 2.57. The van der Waals surface area contributed by atoms with Gasteiger partial charge in [-0.05, 0) is 45.0 Å². The minimum atomic E-state index is -0.572. The lowest BCUT2D eigenvalue weighted by atomic mass is 10.1. The molecule has 3 aromatic rings. The number of nitrogens with zero attached hydrogens (tertiary/aromatic N) is 1. The van der Waals surface area contributed by atoms with Gasteiger partial charge in [-0.2, -0.15) is 0 Å². The maximum absolute atomic E-state index is 12.6. The van der Waals surface area contributed by atoms with Gasteiger partial charge in [0.1, 0.15) is 11.9 Å². The van der Waals surface area contributed by atoms with E-state index in [4.69, 9.17) is 4.74 Å². The molecule has 0 bridgehead atoms. The summed E-state index contributed by atoms with van der Waals surface area (Å²) in [6.45, 7) is 5.51. The van der Waals surface area contributed by atoms with E-state index in [1.54, 1.807) is 22.8 Å². The van der Waals surface area contributed by atoms with E-state index in [-0.39, 0.29) is 0 Å². The number of rotatable bonds is 1. The number of benzene rings is 2. The van der Waals surface area contributed by atoms with Gasteiger partial charge in [-0.25, -0.2) is 9.36 Å². The fraction of sp³-hybridized carbons (Fsp3) is 0.222. The second-order valence-electron chi connectivity index (χ2n) is 6.23. The summed E-state index contributed by atoms with van der Waals surface area (Å²) in [5, 5.41) is 1.79. The molecule has 0 fully saturated rings. The van der Waals surface area contributed by atoms with Gasteiger partial charge in [0.25, 0.3) is 0 Å². The van der Waals surface area contributed by atoms with Crippen LogP contribution in [0, 0.1) is 0 Å². The van der Waals surface area contributed by atoms with Crippen LogP contribution in [-0.4, -0.2) is 22.5 Å². The van der Waals surface area contributed by atoms with E-state index >= 15 is 0 Å². The Morgan fingerprint density at radius 3 is 2.41 bits per heavy atom. The minimum absolute atomic E-state index is 0.419. The van der Waals surface area contributed by atoms with Crippen molar-refractivity contribution in [3.05, 3.63) is 48.0 Å². The molecule has 0 radical (unpaired) electrons. The zero-order valence-corrected chi connectivity index (χ0v) is 12.8. The number of fused-ring (bicyclic) bond motifs is 3. The van der Waals surface area contributed by atoms with E-state index in [0.717, 1.165) is 28.1 Å². The van der Waals surface area contributed by atoms with Crippen molar-refractivity contribution in [1.29, 1.82) is 0 Å². The lowest BCUT2D eigenvalue weighted by Gasteiger charge is -2.20. The van der Waals surface area contributed by atoms with Crippen LogP contribution in [0.3, 0.4) is 0 Å². The molecular weight excluding hydrogens is 278 g/mol. The molecule has 0 spiro atoms. The minimum Gasteiger partial charge on any atom is -0.443 e. The van der Waals surface area contributed by atoms with Crippen LogP contribution >= 0.6 is 0 Å². The Bertz CT molecular complexity index is 884. The highest BCUT2D eigenvalue weighted by atomic mass is 16.6. The highest BCUT2D eigenvalue weighted by Crippen LogP contribution is 2.30. The van der Waals surface area contributed by atoms with Crippen LogP contribution in [0.5, 0.6) is 0 Å². The maximum Gasteiger partial charge on any atom is 0.419 e. The largest absolute Gasteiger partial charge is 0.443 e. The molecule has 0 aliphatic carbocycles. The number of aromatic nitrogens is 1. The van der Waals surface area contributed by atoms with Gasteiger partial charge in [0, 0.05) is 16.3 Å². The van der Waals surface area contributed by atoms with Crippen molar-refractivity contribution in [2.75, 3.05) is 0 Å². The number of hydrogen-bond donors (Lipinski definition) is 0. The number of ether oxygens (including phenoxy) is 1. The maximum atomic E-state index is 12.6. The predicted molar refractivity (Wildman–Crippen MR) is 86.5 cm³/mol. The Morgan fingerprint density at radius 2 is 1.73 bits per heavy atom. The number of carbonyl (C=O) groups is 2. The fourth-order valence-electron chi connectivity index (χ4n) is 2.57. The Labute approximate surface area is 128 Å². The molecular formula is C18H17NO3. The third kappa shape index (κ3) is 2.37. The van der Waals surface area contributed by atoms with Gasteiger partial charge in [0.2, 0.25) is 0 Å². The van der Waals surface area contributed by atoms with Crippen LogP contribution in [0.15, 0.2) is 42.5 Å². The summed E-state index contributed by atoms with van der Waals surface area (Å²) in [4.78, 5) is 23.6. The van der Waals surface area contributed by atoms with Crippen molar-refractivity contribution in [2.45, 2.75) is 26.4 Å². The van der Waals surface area contributed by atoms with Gasteiger partial charge in [-0.1, -0.05) is 18.2 Å². The van der Waals surface area contributed by atoms with Crippen molar-refractivity contribution in [2.24, 2.45) is 0 Å². The number of carbonyl (C=O) groups excluding carboxylic acids is 2. The number of para-hydroxylation sites is 1. The molecule has 0 aliphatic heterocycles. The SMILES string of the molecule is CC(C)(C)OC(=O)n1c2ccccc2c2cc(C=O)ccc21. The van der Waals surface area contributed by atoms with Crippen LogP contribution in [0.2, 0.25) is 0 Å². The van der Waals surface area contributed by atoms with Crippen molar-refractivity contribution in [3.63, 3.8) is 0 Å². The van der Waals surface area contributed by atoms with E-state index in [1.165, 1.54) is 0 Å². The average Bonchev–Trinajstić information content (AvgIpc) is 2.79. The first kappa shape index (κ1) is 14.3. The van der Waals surface area contributed by atoms with Crippen LogP contribution in [0.1, 0.15) is 31.1 Å². The molecule has 0 N–H and O–H groups in total. The molecule has 0 unspecified atom stereocenters. The molecule has 0 atom stereocenters. The average molecular weight is 295 g/mol. The molecule has 1 heterocycles. The molecule has 3 rings (SSSR count). The second kappa shape index (κ2) is 4.98. The van der Waals surface area contributed by atoms with E-state index in [1.807, 2.05) is 45.0 Å². The first-order valence-corrected chi connectivity index (χ1v) is 7.12. The van der Waals surface area contributed by atoms with Gasteiger partial charge in [0.05, 0.1) is 11.0 Å². The molecule has 0 amide bonds. The Kier molecular flexibility index (Phi) is 3.24. The molecule has 0 aliphatic rings. The Hall–Kier alpha value is -2.62. The number of hydrogen-bond acceptors (Lipinski definition) is 3. The molecule has 1 aromatic heterocycles. The molecule has 4 heteroatoms. The van der Waals surface area contributed by atoms with E-state index in [0.29, 0.717) is 5.56 Å². The van der Waals surface area contributed by atoms with Crippen molar-refractivity contribution >= 4 is 34.2 Å². The monoisotopic (exact) mass is 295 g/mol. The van der Waals surface area contributed by atoms with Gasteiger partial charge >= 0.3 is 6.09 Å². The molecule has 112 valence electrons. The molecule has 4 nitrogen and oxygen atoms in total. The summed E-state index contributed by atoms with van der Waals surface area (Å²) in [5.74, 6) is 0. The molecule has 0 saturated heterocycles. The van der Waals surface area contributed by atoms with Gasteiger partial charge in [0.15, 0.2) is 0 Å². The third-order valence-electron chi connectivity index (χ3n) is 3.41. The first-order valence-electron chi connectivity index (χ1n) is 7.12. The van der Waals surface area contributed by atoms with Crippen LogP contribution in [-0.2, 0) is 4.74 Å². The topological polar surface area (TPSA) is 48.3 Å². The summed E-state index contributed by atoms with van der Waals surface area (Å²) < 4.78 is 7.07. The Balaban J connectivity index is 2.31. The van der Waals surface area contributed by atoms with Crippen LogP contribution in [0.4, 0.5) is 4.79 Å². The number of aldehydes is 1. The lowest BCUT2D eigenvalue weighted by Crippen LogP contribution is -2.27. The smallest absolute Gasteiger partial charge is 0.419 e. The lowest BCUT2D eigenvalue weighted by molar-refractivity contribution is 0.0551. The zero-order chi connectivity index (χ0) is 15.9. The third-order valence-corrected chi connectivity index (χ3v) is 3.41. The quantitative estimate of drug-likeness (QED) is 0.625. The molecule has 0 saturated carbocycles. The van der Waals surface area contributed by atoms with Gasteiger partial charge < -0.3 is 4.74 Å². The van der Waals surface area contributed by atoms with E-state index in [9.17, 15) is 9.59 Å². The van der Waals surface area contributed by atoms with E-state index < -0.39 is 11.7 Å². The van der Waals surface area contributed by atoms with Gasteiger partial charge in [-0.3, -0.25) is 4.79 Å². The molecule has 22 heavy (non-hydrogen) atoms. The van der Waals surface area contributed by atoms with Gasteiger partial charge in [-0.15, -0.1) is 0 Å². The standard InChI is InChI=1S/C18H17NO3/c1-18(2,3)22-17(21)19-15-7-5-4-6-13(15)14-10-12(11-20)8-9-16(14)19/h4-11H,1-3H3. The second-order valence-corrected chi connectivity index (χ2v) is 6.23. The molecule has 2 aromatic carbocycles. The van der Waals surface area contributed by atoms with Crippen molar-refractivity contribution in [1.82, 2.24) is 4.57 Å². The predicted octanol–water partition coefficient (Wildman–Crippen LogP) is 4.39. The summed E-state index contributed by atoms with van der Waals surface area (Å²) in [7, 11) is 0. The van der Waals surface area contributed by atoms with Crippen LogP contribution in [0.25, 0.3) is 21.8 Å². The van der Waals surface area contributed by atoms with Crippen molar-refractivity contribution in [3.8, 4) is 0 Å².